The molecule has 0 spiro atoms. The molecule has 0 radical (unpaired) electrons. The largest absolute Gasteiger partial charge is 0.493 e. The molecule has 1 aromatic rings. The zero-order valence-electron chi connectivity index (χ0n) is 8.43. The van der Waals surface area contributed by atoms with Crippen LogP contribution in [0.15, 0.2) is 12.1 Å². The van der Waals surface area contributed by atoms with Gasteiger partial charge in [-0.05, 0) is 12.5 Å². The number of rotatable bonds is 5. The van der Waals surface area contributed by atoms with Gasteiger partial charge in [-0.3, -0.25) is 4.79 Å². The summed E-state index contributed by atoms with van der Waals surface area (Å²) in [6.07, 6.45) is 2.69. The average molecular weight is 247 g/mol. The summed E-state index contributed by atoms with van der Waals surface area (Å²) in [6, 6.07) is 3.08. The van der Waals surface area contributed by atoms with Crippen LogP contribution >= 0.6 is 23.2 Å². The number of benzene rings is 1. The second kappa shape index (κ2) is 5.99. The molecule has 2 nitrogen and oxygen atoms in total. The van der Waals surface area contributed by atoms with E-state index in [0.717, 1.165) is 12.8 Å². The SMILES string of the molecule is CCCCOc1cc(Cl)c(Cl)cc1C=O. The Hall–Kier alpha value is -0.730. The number of carbonyl (C=O) groups excluding carboxylic acids is 1. The van der Waals surface area contributed by atoms with Crippen LogP contribution in [0.4, 0.5) is 0 Å². The predicted molar refractivity (Wildman–Crippen MR) is 62.3 cm³/mol. The number of hydrogen-bond donors (Lipinski definition) is 0. The number of carbonyl (C=O) groups is 1. The number of ether oxygens (including phenoxy) is 1. The minimum absolute atomic E-state index is 0.363. The molecule has 15 heavy (non-hydrogen) atoms. The number of aldehydes is 1. The van der Waals surface area contributed by atoms with Gasteiger partial charge in [-0.15, -0.1) is 0 Å². The maximum absolute atomic E-state index is 10.7. The van der Waals surface area contributed by atoms with Gasteiger partial charge < -0.3 is 4.74 Å². The molecule has 0 amide bonds. The monoisotopic (exact) mass is 246 g/mol. The fourth-order valence-corrected chi connectivity index (χ4v) is 1.41. The molecule has 1 aromatic carbocycles. The molecule has 0 aromatic heterocycles. The van der Waals surface area contributed by atoms with Crippen LogP contribution < -0.4 is 4.74 Å². The highest BCUT2D eigenvalue weighted by atomic mass is 35.5. The summed E-state index contributed by atoms with van der Waals surface area (Å²) in [5, 5.41) is 0.760. The lowest BCUT2D eigenvalue weighted by atomic mass is 10.2. The van der Waals surface area contributed by atoms with Crippen LogP contribution in [0, 0.1) is 0 Å². The molecule has 0 aliphatic rings. The van der Waals surface area contributed by atoms with Crippen LogP contribution in [0.5, 0.6) is 5.75 Å². The number of halogens is 2. The van der Waals surface area contributed by atoms with Crippen molar-refractivity contribution in [3.05, 3.63) is 27.7 Å². The van der Waals surface area contributed by atoms with Crippen molar-refractivity contribution in [3.8, 4) is 5.75 Å². The molecule has 0 atom stereocenters. The number of hydrogen-bond acceptors (Lipinski definition) is 2. The summed E-state index contributed by atoms with van der Waals surface area (Å²) < 4.78 is 5.43. The summed E-state index contributed by atoms with van der Waals surface area (Å²) in [5.74, 6) is 0.493. The molecule has 0 aliphatic carbocycles. The summed E-state index contributed by atoms with van der Waals surface area (Å²) >= 11 is 11.6. The molecule has 0 heterocycles. The fraction of sp³-hybridized carbons (Fsp3) is 0.364. The maximum Gasteiger partial charge on any atom is 0.153 e. The first-order valence-corrected chi connectivity index (χ1v) is 5.51. The molecule has 0 fully saturated rings. The van der Waals surface area contributed by atoms with E-state index in [1.54, 1.807) is 6.07 Å². The van der Waals surface area contributed by atoms with E-state index >= 15 is 0 Å². The third kappa shape index (κ3) is 3.40. The molecular weight excluding hydrogens is 235 g/mol. The molecule has 0 N–H and O–H groups in total. The van der Waals surface area contributed by atoms with E-state index in [1.165, 1.54) is 6.07 Å². The summed E-state index contributed by atoms with van der Waals surface area (Å²) in [5.41, 5.74) is 0.431. The molecule has 0 aliphatic heterocycles. The second-order valence-electron chi connectivity index (χ2n) is 3.12. The molecule has 4 heteroatoms. The van der Waals surface area contributed by atoms with Crippen molar-refractivity contribution in [1.29, 1.82) is 0 Å². The van der Waals surface area contributed by atoms with Gasteiger partial charge in [-0.1, -0.05) is 36.5 Å². The normalized spacial score (nSPS) is 10.1. The van der Waals surface area contributed by atoms with Crippen LogP contribution in [0.2, 0.25) is 10.0 Å². The average Bonchev–Trinajstić information content (AvgIpc) is 2.23. The molecule has 82 valence electrons. The van der Waals surface area contributed by atoms with Gasteiger partial charge in [0.15, 0.2) is 6.29 Å². The lowest BCUT2D eigenvalue weighted by Gasteiger charge is -2.08. The van der Waals surface area contributed by atoms with Crippen LogP contribution in [0.3, 0.4) is 0 Å². The summed E-state index contributed by atoms with van der Waals surface area (Å²) in [6.45, 7) is 2.65. The zero-order chi connectivity index (χ0) is 11.3. The molecule has 0 unspecified atom stereocenters. The lowest BCUT2D eigenvalue weighted by Crippen LogP contribution is -1.99. The Morgan fingerprint density at radius 2 is 2.00 bits per heavy atom. The van der Waals surface area contributed by atoms with E-state index in [0.29, 0.717) is 34.3 Å². The Bertz CT molecular complexity index is 351. The zero-order valence-corrected chi connectivity index (χ0v) is 9.94. The van der Waals surface area contributed by atoms with E-state index in [2.05, 4.69) is 6.92 Å². The Morgan fingerprint density at radius 1 is 1.33 bits per heavy atom. The van der Waals surface area contributed by atoms with Crippen molar-refractivity contribution in [2.45, 2.75) is 19.8 Å². The van der Waals surface area contributed by atoms with E-state index in [-0.39, 0.29) is 0 Å². The van der Waals surface area contributed by atoms with Gasteiger partial charge in [0.05, 0.1) is 22.2 Å². The van der Waals surface area contributed by atoms with Crippen LogP contribution in [0.25, 0.3) is 0 Å². The third-order valence-electron chi connectivity index (χ3n) is 1.94. The van der Waals surface area contributed by atoms with Gasteiger partial charge in [0, 0.05) is 6.07 Å². The highest BCUT2D eigenvalue weighted by Crippen LogP contribution is 2.29. The molecule has 1 rings (SSSR count). The summed E-state index contributed by atoms with van der Waals surface area (Å²) in [7, 11) is 0. The Kier molecular flexibility index (Phi) is 4.92. The van der Waals surface area contributed by atoms with E-state index < -0.39 is 0 Å². The summed E-state index contributed by atoms with van der Waals surface area (Å²) in [4.78, 5) is 10.7. The van der Waals surface area contributed by atoms with Crippen molar-refractivity contribution in [1.82, 2.24) is 0 Å². The fourth-order valence-electron chi connectivity index (χ4n) is 1.09. The van der Waals surface area contributed by atoms with E-state index in [4.69, 9.17) is 27.9 Å². The van der Waals surface area contributed by atoms with Gasteiger partial charge in [0.2, 0.25) is 0 Å². The van der Waals surface area contributed by atoms with E-state index in [1.807, 2.05) is 0 Å². The van der Waals surface area contributed by atoms with Crippen LogP contribution in [-0.2, 0) is 0 Å². The minimum Gasteiger partial charge on any atom is -0.493 e. The molecule has 0 saturated heterocycles. The number of unbranched alkanes of at least 4 members (excludes halogenated alkanes) is 1. The highest BCUT2D eigenvalue weighted by molar-refractivity contribution is 6.42. The van der Waals surface area contributed by atoms with E-state index in [9.17, 15) is 4.79 Å². The first kappa shape index (κ1) is 12.3. The predicted octanol–water partition coefficient (Wildman–Crippen LogP) is 3.98. The van der Waals surface area contributed by atoms with Crippen molar-refractivity contribution in [2.75, 3.05) is 6.61 Å². The van der Waals surface area contributed by atoms with Crippen molar-refractivity contribution in [2.24, 2.45) is 0 Å². The topological polar surface area (TPSA) is 26.3 Å². The first-order chi connectivity index (χ1) is 7.19. The maximum atomic E-state index is 10.7. The quantitative estimate of drug-likeness (QED) is 0.581. The molecule has 0 saturated carbocycles. The van der Waals surface area contributed by atoms with Gasteiger partial charge in [0.25, 0.3) is 0 Å². The first-order valence-electron chi connectivity index (χ1n) is 4.76. The van der Waals surface area contributed by atoms with Crippen molar-refractivity contribution < 1.29 is 9.53 Å². The lowest BCUT2D eigenvalue weighted by molar-refractivity contribution is 0.111. The smallest absolute Gasteiger partial charge is 0.153 e. The Balaban J connectivity index is 2.85. The van der Waals surface area contributed by atoms with Gasteiger partial charge in [-0.25, -0.2) is 0 Å². The minimum atomic E-state index is 0.363. The van der Waals surface area contributed by atoms with Crippen molar-refractivity contribution >= 4 is 29.5 Å². The highest BCUT2D eigenvalue weighted by Gasteiger charge is 2.07. The van der Waals surface area contributed by atoms with Gasteiger partial charge in [0.1, 0.15) is 5.75 Å². The molecule has 0 bridgehead atoms. The Labute approximate surface area is 99.1 Å². The van der Waals surface area contributed by atoms with Gasteiger partial charge in [-0.2, -0.15) is 0 Å². The standard InChI is InChI=1S/C11H12Cl2O2/c1-2-3-4-15-11-6-10(13)9(12)5-8(11)7-14/h5-7H,2-4H2,1H3. The van der Waals surface area contributed by atoms with Crippen molar-refractivity contribution in [3.63, 3.8) is 0 Å². The second-order valence-corrected chi connectivity index (χ2v) is 3.94. The van der Waals surface area contributed by atoms with Crippen LogP contribution in [0.1, 0.15) is 30.1 Å². The Morgan fingerprint density at radius 3 is 2.60 bits per heavy atom. The van der Waals surface area contributed by atoms with Crippen LogP contribution in [-0.4, -0.2) is 12.9 Å². The van der Waals surface area contributed by atoms with Gasteiger partial charge >= 0.3 is 0 Å². The third-order valence-corrected chi connectivity index (χ3v) is 2.66. The molecular formula is C11H12Cl2O2.